The summed E-state index contributed by atoms with van der Waals surface area (Å²) in [6.45, 7) is 1.28. The van der Waals surface area contributed by atoms with E-state index >= 15 is 0 Å². The standard InChI is InChI=1S/C16H14FN3O2/c1-11(21)19-15-9-13(5-6-14(15)17)20-16(22)7-4-12-3-2-8-18-10-12/h2-10H,1H3,(H,19,21)(H,20,22). The smallest absolute Gasteiger partial charge is 0.248 e. The number of carbonyl (C=O) groups excluding carboxylic acids is 2. The van der Waals surface area contributed by atoms with Crippen molar-refractivity contribution in [3.8, 4) is 0 Å². The molecule has 1 heterocycles. The van der Waals surface area contributed by atoms with Crippen LogP contribution in [0.25, 0.3) is 6.08 Å². The lowest BCUT2D eigenvalue weighted by atomic mass is 10.2. The Morgan fingerprint density at radius 3 is 2.73 bits per heavy atom. The molecule has 2 rings (SSSR count). The molecule has 1 aromatic heterocycles. The summed E-state index contributed by atoms with van der Waals surface area (Å²) in [7, 11) is 0. The van der Waals surface area contributed by atoms with E-state index in [0.717, 1.165) is 5.56 Å². The van der Waals surface area contributed by atoms with E-state index in [0.29, 0.717) is 5.69 Å². The Morgan fingerprint density at radius 2 is 2.05 bits per heavy atom. The third-order valence-electron chi connectivity index (χ3n) is 2.66. The second-order valence-corrected chi connectivity index (χ2v) is 4.48. The lowest BCUT2D eigenvalue weighted by Crippen LogP contribution is -2.10. The van der Waals surface area contributed by atoms with E-state index in [9.17, 15) is 14.0 Å². The largest absolute Gasteiger partial charge is 0.324 e. The molecule has 0 aliphatic rings. The van der Waals surface area contributed by atoms with Crippen LogP contribution in [0.2, 0.25) is 0 Å². The van der Waals surface area contributed by atoms with Crippen LogP contribution in [0, 0.1) is 5.82 Å². The van der Waals surface area contributed by atoms with Gasteiger partial charge >= 0.3 is 0 Å². The number of benzene rings is 1. The summed E-state index contributed by atoms with van der Waals surface area (Å²) in [6.07, 6.45) is 6.22. The molecule has 0 unspecified atom stereocenters. The van der Waals surface area contributed by atoms with Gasteiger partial charge < -0.3 is 10.6 Å². The fourth-order valence-electron chi connectivity index (χ4n) is 1.72. The molecule has 6 heteroatoms. The molecular formula is C16H14FN3O2. The fourth-order valence-corrected chi connectivity index (χ4v) is 1.72. The molecular weight excluding hydrogens is 285 g/mol. The zero-order valence-corrected chi connectivity index (χ0v) is 11.8. The van der Waals surface area contributed by atoms with Crippen LogP contribution in [-0.4, -0.2) is 16.8 Å². The molecule has 2 aromatic rings. The minimum atomic E-state index is -0.570. The fraction of sp³-hybridized carbons (Fsp3) is 0.0625. The highest BCUT2D eigenvalue weighted by Crippen LogP contribution is 2.19. The first kappa shape index (κ1) is 15.4. The van der Waals surface area contributed by atoms with Crippen LogP contribution >= 0.6 is 0 Å². The van der Waals surface area contributed by atoms with Gasteiger partial charge in [0.1, 0.15) is 5.82 Å². The minimum Gasteiger partial charge on any atom is -0.324 e. The highest BCUT2D eigenvalue weighted by atomic mass is 19.1. The maximum atomic E-state index is 13.5. The first-order valence-electron chi connectivity index (χ1n) is 6.51. The number of halogens is 1. The highest BCUT2D eigenvalue weighted by Gasteiger charge is 2.06. The van der Waals surface area contributed by atoms with Gasteiger partial charge in [-0.3, -0.25) is 14.6 Å². The van der Waals surface area contributed by atoms with Gasteiger partial charge in [0.05, 0.1) is 5.69 Å². The topological polar surface area (TPSA) is 71.1 Å². The molecule has 0 aliphatic carbocycles. The first-order chi connectivity index (χ1) is 10.5. The summed E-state index contributed by atoms with van der Waals surface area (Å²) in [5, 5.41) is 4.94. The molecule has 0 spiro atoms. The average Bonchev–Trinajstić information content (AvgIpc) is 2.49. The second kappa shape index (κ2) is 7.12. The third-order valence-corrected chi connectivity index (χ3v) is 2.66. The minimum absolute atomic E-state index is 0.0153. The molecule has 0 atom stereocenters. The van der Waals surface area contributed by atoms with E-state index < -0.39 is 5.82 Å². The molecule has 22 heavy (non-hydrogen) atoms. The Labute approximate surface area is 126 Å². The number of hydrogen-bond donors (Lipinski definition) is 2. The van der Waals surface area contributed by atoms with Crippen LogP contribution in [-0.2, 0) is 9.59 Å². The van der Waals surface area contributed by atoms with Gasteiger partial charge in [-0.25, -0.2) is 4.39 Å². The molecule has 5 nitrogen and oxygen atoms in total. The number of anilines is 2. The van der Waals surface area contributed by atoms with Crippen LogP contribution in [0.1, 0.15) is 12.5 Å². The summed E-state index contributed by atoms with van der Waals surface area (Å²) < 4.78 is 13.5. The van der Waals surface area contributed by atoms with Gasteiger partial charge in [-0.05, 0) is 35.9 Å². The van der Waals surface area contributed by atoms with Gasteiger partial charge in [-0.1, -0.05) is 6.07 Å². The highest BCUT2D eigenvalue weighted by molar-refractivity contribution is 6.02. The summed E-state index contributed by atoms with van der Waals surface area (Å²) in [5.41, 5.74) is 1.18. The first-order valence-corrected chi connectivity index (χ1v) is 6.51. The number of nitrogens with one attached hydrogen (secondary N) is 2. The van der Waals surface area contributed by atoms with Crippen molar-refractivity contribution in [1.29, 1.82) is 0 Å². The number of carbonyl (C=O) groups is 2. The van der Waals surface area contributed by atoms with Gasteiger partial charge in [0, 0.05) is 31.1 Å². The van der Waals surface area contributed by atoms with Crippen LogP contribution in [0.15, 0.2) is 48.8 Å². The number of amides is 2. The maximum Gasteiger partial charge on any atom is 0.248 e. The van der Waals surface area contributed by atoms with Gasteiger partial charge in [0.25, 0.3) is 0 Å². The molecule has 2 amide bonds. The predicted molar refractivity (Wildman–Crippen MR) is 82.6 cm³/mol. The van der Waals surface area contributed by atoms with Crippen molar-refractivity contribution in [2.75, 3.05) is 10.6 Å². The predicted octanol–water partition coefficient (Wildman–Crippen LogP) is 2.83. The van der Waals surface area contributed by atoms with Gasteiger partial charge in [0.2, 0.25) is 11.8 Å². The maximum absolute atomic E-state index is 13.5. The molecule has 2 N–H and O–H groups in total. The number of hydrogen-bond acceptors (Lipinski definition) is 3. The van der Waals surface area contributed by atoms with Crippen molar-refractivity contribution in [3.63, 3.8) is 0 Å². The van der Waals surface area contributed by atoms with Gasteiger partial charge in [0.15, 0.2) is 0 Å². The van der Waals surface area contributed by atoms with Crippen molar-refractivity contribution in [2.24, 2.45) is 0 Å². The van der Waals surface area contributed by atoms with Crippen molar-refractivity contribution >= 4 is 29.3 Å². The summed E-state index contributed by atoms with van der Waals surface area (Å²) in [5.74, 6) is -1.33. The Kier molecular flexibility index (Phi) is 4.98. The lowest BCUT2D eigenvalue weighted by Gasteiger charge is -2.07. The molecule has 1 aromatic carbocycles. The summed E-state index contributed by atoms with van der Waals surface area (Å²) in [6, 6.07) is 7.51. The van der Waals surface area contributed by atoms with E-state index in [1.165, 1.54) is 31.2 Å². The Bertz CT molecular complexity index is 715. The van der Waals surface area contributed by atoms with Crippen molar-refractivity contribution in [1.82, 2.24) is 4.98 Å². The van der Waals surface area contributed by atoms with Gasteiger partial charge in [-0.15, -0.1) is 0 Å². The molecule has 0 bridgehead atoms. The number of nitrogens with zero attached hydrogens (tertiary/aromatic N) is 1. The lowest BCUT2D eigenvalue weighted by molar-refractivity contribution is -0.114. The van der Waals surface area contributed by atoms with Crippen LogP contribution in [0.3, 0.4) is 0 Å². The van der Waals surface area contributed by atoms with E-state index in [1.807, 2.05) is 6.07 Å². The van der Waals surface area contributed by atoms with Crippen LogP contribution in [0.5, 0.6) is 0 Å². The Hall–Kier alpha value is -3.02. The normalized spacial score (nSPS) is 10.5. The molecule has 112 valence electrons. The van der Waals surface area contributed by atoms with Gasteiger partial charge in [-0.2, -0.15) is 0 Å². The van der Waals surface area contributed by atoms with E-state index in [1.54, 1.807) is 24.5 Å². The zero-order valence-electron chi connectivity index (χ0n) is 11.8. The number of pyridine rings is 1. The third kappa shape index (κ3) is 4.52. The van der Waals surface area contributed by atoms with E-state index in [2.05, 4.69) is 15.6 Å². The number of rotatable bonds is 4. The Balaban J connectivity index is 2.05. The quantitative estimate of drug-likeness (QED) is 0.853. The van der Waals surface area contributed by atoms with Crippen molar-refractivity contribution in [2.45, 2.75) is 6.92 Å². The second-order valence-electron chi connectivity index (χ2n) is 4.48. The van der Waals surface area contributed by atoms with E-state index in [-0.39, 0.29) is 17.5 Å². The van der Waals surface area contributed by atoms with E-state index in [4.69, 9.17) is 0 Å². The molecule has 0 saturated carbocycles. The summed E-state index contributed by atoms with van der Waals surface area (Å²) in [4.78, 5) is 26.7. The van der Waals surface area contributed by atoms with Crippen molar-refractivity contribution < 1.29 is 14.0 Å². The number of aromatic nitrogens is 1. The molecule has 0 fully saturated rings. The molecule has 0 aliphatic heterocycles. The summed E-state index contributed by atoms with van der Waals surface area (Å²) >= 11 is 0. The SMILES string of the molecule is CC(=O)Nc1cc(NC(=O)C=Cc2cccnc2)ccc1F. The van der Waals surface area contributed by atoms with Crippen molar-refractivity contribution in [3.05, 3.63) is 60.2 Å². The van der Waals surface area contributed by atoms with Crippen LogP contribution in [0.4, 0.5) is 15.8 Å². The zero-order chi connectivity index (χ0) is 15.9. The van der Waals surface area contributed by atoms with Crippen LogP contribution < -0.4 is 10.6 Å². The average molecular weight is 299 g/mol. The molecule has 0 radical (unpaired) electrons. The monoisotopic (exact) mass is 299 g/mol. The Morgan fingerprint density at radius 1 is 1.23 bits per heavy atom. The molecule has 0 saturated heterocycles.